The number of nitrogens with zero attached hydrogens (tertiary/aromatic N) is 3. The van der Waals surface area contributed by atoms with E-state index in [1.54, 1.807) is 4.68 Å². The third-order valence-corrected chi connectivity index (χ3v) is 3.51. The average Bonchev–Trinajstić information content (AvgIpc) is 2.74. The van der Waals surface area contributed by atoms with Gasteiger partial charge in [-0.15, -0.1) is 5.10 Å². The van der Waals surface area contributed by atoms with Gasteiger partial charge in [0.2, 0.25) is 0 Å². The molecule has 0 aliphatic heterocycles. The Hall–Kier alpha value is -0.900. The zero-order valence-electron chi connectivity index (χ0n) is 9.61. The molecule has 84 valence electrons. The van der Waals surface area contributed by atoms with Crippen molar-refractivity contribution in [2.75, 3.05) is 0 Å². The van der Waals surface area contributed by atoms with Crippen LogP contribution in [0.1, 0.15) is 38.3 Å². The van der Waals surface area contributed by atoms with Gasteiger partial charge >= 0.3 is 0 Å². The quantitative estimate of drug-likeness (QED) is 0.813. The van der Waals surface area contributed by atoms with Crippen LogP contribution in [0.4, 0.5) is 0 Å². The summed E-state index contributed by atoms with van der Waals surface area (Å²) in [5.74, 6) is 0.812. The van der Waals surface area contributed by atoms with E-state index in [1.807, 2.05) is 13.2 Å². The van der Waals surface area contributed by atoms with E-state index >= 15 is 0 Å². The summed E-state index contributed by atoms with van der Waals surface area (Å²) in [6.45, 7) is 2.25. The van der Waals surface area contributed by atoms with Gasteiger partial charge in [0.15, 0.2) is 0 Å². The minimum absolute atomic E-state index is 0.0310. The minimum atomic E-state index is -0.0310. The van der Waals surface area contributed by atoms with Gasteiger partial charge in [0.05, 0.1) is 5.69 Å². The molecule has 2 atom stereocenters. The highest BCUT2D eigenvalue weighted by molar-refractivity contribution is 5.04. The van der Waals surface area contributed by atoms with Gasteiger partial charge in [0.25, 0.3) is 0 Å². The van der Waals surface area contributed by atoms with Gasteiger partial charge in [-0.05, 0) is 25.2 Å². The van der Waals surface area contributed by atoms with Crippen molar-refractivity contribution in [2.45, 2.75) is 44.6 Å². The van der Waals surface area contributed by atoms with E-state index < -0.39 is 0 Å². The van der Waals surface area contributed by atoms with Crippen LogP contribution >= 0.6 is 0 Å². The molecule has 1 aromatic heterocycles. The molecule has 1 aromatic rings. The monoisotopic (exact) mass is 208 g/mol. The first-order valence-corrected chi connectivity index (χ1v) is 5.75. The minimum Gasteiger partial charge on any atom is -0.325 e. The highest BCUT2D eigenvalue weighted by Gasteiger charge is 2.35. The van der Waals surface area contributed by atoms with Crippen LogP contribution in [-0.4, -0.2) is 20.5 Å². The first kappa shape index (κ1) is 10.6. The summed E-state index contributed by atoms with van der Waals surface area (Å²) < 4.78 is 1.74. The lowest BCUT2D eigenvalue weighted by Crippen LogP contribution is -2.39. The van der Waals surface area contributed by atoms with E-state index in [4.69, 9.17) is 5.73 Å². The molecule has 4 heteroatoms. The summed E-state index contributed by atoms with van der Waals surface area (Å²) in [5, 5.41) is 8.05. The maximum Gasteiger partial charge on any atom is 0.0845 e. The second kappa shape index (κ2) is 3.93. The molecule has 15 heavy (non-hydrogen) atoms. The van der Waals surface area contributed by atoms with Gasteiger partial charge in [-0.25, -0.2) is 0 Å². The maximum absolute atomic E-state index is 6.39. The van der Waals surface area contributed by atoms with E-state index in [0.717, 1.165) is 30.9 Å². The van der Waals surface area contributed by atoms with Gasteiger partial charge in [-0.2, -0.15) is 0 Å². The topological polar surface area (TPSA) is 56.7 Å². The van der Waals surface area contributed by atoms with Crippen LogP contribution < -0.4 is 5.73 Å². The molecule has 2 unspecified atom stereocenters. The first-order valence-electron chi connectivity index (χ1n) is 5.75. The van der Waals surface area contributed by atoms with E-state index in [9.17, 15) is 0 Å². The van der Waals surface area contributed by atoms with Gasteiger partial charge < -0.3 is 5.73 Å². The molecule has 4 nitrogen and oxygen atoms in total. The van der Waals surface area contributed by atoms with E-state index in [2.05, 4.69) is 17.2 Å². The van der Waals surface area contributed by atoms with Crippen LogP contribution in [-0.2, 0) is 13.5 Å². The number of aryl methyl sites for hydroxylation is 1. The Morgan fingerprint density at radius 3 is 3.00 bits per heavy atom. The molecule has 2 N–H and O–H groups in total. The molecule has 1 saturated carbocycles. The Morgan fingerprint density at radius 2 is 2.47 bits per heavy atom. The molecule has 1 aliphatic rings. The van der Waals surface area contributed by atoms with E-state index in [-0.39, 0.29) is 5.54 Å². The normalized spacial score (nSPS) is 31.0. The molecule has 1 fully saturated rings. The third-order valence-electron chi connectivity index (χ3n) is 3.51. The average molecular weight is 208 g/mol. The van der Waals surface area contributed by atoms with Gasteiger partial charge in [0.1, 0.15) is 0 Å². The third kappa shape index (κ3) is 2.37. The maximum atomic E-state index is 6.39. The Labute approximate surface area is 90.8 Å². The molecule has 0 amide bonds. The Bertz CT molecular complexity index is 333. The van der Waals surface area contributed by atoms with Gasteiger partial charge in [0, 0.05) is 25.2 Å². The van der Waals surface area contributed by atoms with Crippen LogP contribution in [0, 0.1) is 5.92 Å². The fraction of sp³-hybridized carbons (Fsp3) is 0.818. The van der Waals surface area contributed by atoms with E-state index in [0.29, 0.717) is 0 Å². The van der Waals surface area contributed by atoms with Crippen molar-refractivity contribution in [2.24, 2.45) is 18.7 Å². The molecule has 0 radical (unpaired) electrons. The second-order valence-electron chi connectivity index (χ2n) is 4.94. The molecule has 0 spiro atoms. The van der Waals surface area contributed by atoms with Crippen LogP contribution in [0.25, 0.3) is 0 Å². The SMILES string of the molecule is CCC1CCC(N)(Cc2cn(C)nn2)C1. The zero-order chi connectivity index (χ0) is 10.9. The highest BCUT2D eigenvalue weighted by Crippen LogP contribution is 2.36. The first-order chi connectivity index (χ1) is 7.11. The standard InChI is InChI=1S/C11H20N4/c1-3-9-4-5-11(12,6-9)7-10-8-15(2)14-13-10/h8-9H,3-7,12H2,1-2H3. The predicted molar refractivity (Wildman–Crippen MR) is 59.3 cm³/mol. The molecule has 0 bridgehead atoms. The van der Waals surface area contributed by atoms with Crippen molar-refractivity contribution in [1.82, 2.24) is 15.0 Å². The molecular weight excluding hydrogens is 188 g/mol. The Balaban J connectivity index is 2.00. The smallest absolute Gasteiger partial charge is 0.0845 e. The van der Waals surface area contributed by atoms with Crippen molar-refractivity contribution in [1.29, 1.82) is 0 Å². The summed E-state index contributed by atoms with van der Waals surface area (Å²) >= 11 is 0. The number of nitrogens with two attached hydrogens (primary N) is 1. The largest absolute Gasteiger partial charge is 0.325 e. The summed E-state index contributed by atoms with van der Waals surface area (Å²) in [5.41, 5.74) is 7.38. The Morgan fingerprint density at radius 1 is 1.67 bits per heavy atom. The van der Waals surface area contributed by atoms with E-state index in [1.165, 1.54) is 12.8 Å². The van der Waals surface area contributed by atoms with Gasteiger partial charge in [-0.1, -0.05) is 18.6 Å². The molecular formula is C11H20N4. The van der Waals surface area contributed by atoms with Gasteiger partial charge in [-0.3, -0.25) is 4.68 Å². The lowest BCUT2D eigenvalue weighted by Gasteiger charge is -2.22. The fourth-order valence-corrected chi connectivity index (χ4v) is 2.62. The van der Waals surface area contributed by atoms with Crippen molar-refractivity contribution < 1.29 is 0 Å². The number of rotatable bonds is 3. The predicted octanol–water partition coefficient (Wildman–Crippen LogP) is 1.27. The van der Waals surface area contributed by atoms with Crippen molar-refractivity contribution in [3.05, 3.63) is 11.9 Å². The summed E-state index contributed by atoms with van der Waals surface area (Å²) in [4.78, 5) is 0. The summed E-state index contributed by atoms with van der Waals surface area (Å²) in [7, 11) is 1.89. The lowest BCUT2D eigenvalue weighted by atomic mass is 9.91. The van der Waals surface area contributed by atoms with Crippen molar-refractivity contribution in [3.63, 3.8) is 0 Å². The van der Waals surface area contributed by atoms with Crippen LogP contribution in [0.3, 0.4) is 0 Å². The fourth-order valence-electron chi connectivity index (χ4n) is 2.62. The van der Waals surface area contributed by atoms with Crippen molar-refractivity contribution >= 4 is 0 Å². The molecule has 0 saturated heterocycles. The number of aromatic nitrogens is 3. The number of hydrogen-bond acceptors (Lipinski definition) is 3. The second-order valence-corrected chi connectivity index (χ2v) is 4.94. The van der Waals surface area contributed by atoms with Crippen molar-refractivity contribution in [3.8, 4) is 0 Å². The summed E-state index contributed by atoms with van der Waals surface area (Å²) in [6.07, 6.45) is 7.63. The van der Waals surface area contributed by atoms with Crippen LogP contribution in [0.5, 0.6) is 0 Å². The molecule has 0 aromatic carbocycles. The summed E-state index contributed by atoms with van der Waals surface area (Å²) in [6, 6.07) is 0. The molecule has 1 aliphatic carbocycles. The van der Waals surface area contributed by atoms with Crippen LogP contribution in [0.2, 0.25) is 0 Å². The molecule has 2 rings (SSSR count). The van der Waals surface area contributed by atoms with Crippen LogP contribution in [0.15, 0.2) is 6.20 Å². The lowest BCUT2D eigenvalue weighted by molar-refractivity contribution is 0.403. The molecule has 1 heterocycles. The number of hydrogen-bond donors (Lipinski definition) is 1. The highest BCUT2D eigenvalue weighted by atomic mass is 15.4. The zero-order valence-corrected chi connectivity index (χ0v) is 9.61. The Kier molecular flexibility index (Phi) is 2.78.